The van der Waals surface area contributed by atoms with Crippen LogP contribution in [-0.4, -0.2) is 6.10 Å². The van der Waals surface area contributed by atoms with Gasteiger partial charge in [0, 0.05) is 5.54 Å². The second-order valence-corrected chi connectivity index (χ2v) is 7.01. The van der Waals surface area contributed by atoms with Crippen LogP contribution in [0.5, 0.6) is 5.75 Å². The number of nitrogens with two attached hydrogens (primary N) is 1. The molecular formula is C17H27NO. The van der Waals surface area contributed by atoms with Crippen molar-refractivity contribution in [1.29, 1.82) is 0 Å². The largest absolute Gasteiger partial charge is 0.491 e. The van der Waals surface area contributed by atoms with E-state index in [9.17, 15) is 0 Å². The predicted octanol–water partition coefficient (Wildman–Crippen LogP) is 4.23. The molecule has 0 heterocycles. The summed E-state index contributed by atoms with van der Waals surface area (Å²) >= 11 is 0. The molecule has 2 nitrogen and oxygen atoms in total. The average molecular weight is 261 g/mol. The fraction of sp³-hybridized carbons (Fsp3) is 0.647. The zero-order valence-corrected chi connectivity index (χ0v) is 12.7. The molecular weight excluding hydrogens is 234 g/mol. The molecule has 2 heteroatoms. The van der Waals surface area contributed by atoms with Crippen LogP contribution in [-0.2, 0) is 5.54 Å². The lowest BCUT2D eigenvalue weighted by molar-refractivity contribution is 0.165. The van der Waals surface area contributed by atoms with Gasteiger partial charge >= 0.3 is 0 Å². The van der Waals surface area contributed by atoms with Crippen molar-refractivity contribution in [3.8, 4) is 5.75 Å². The highest BCUT2D eigenvalue weighted by Crippen LogP contribution is 2.44. The third-order valence-electron chi connectivity index (χ3n) is 4.28. The molecule has 106 valence electrons. The van der Waals surface area contributed by atoms with Crippen molar-refractivity contribution in [2.24, 2.45) is 11.1 Å². The van der Waals surface area contributed by atoms with Crippen LogP contribution in [0.3, 0.4) is 0 Å². The van der Waals surface area contributed by atoms with Crippen molar-refractivity contribution in [2.45, 2.75) is 65.0 Å². The Hall–Kier alpha value is -1.02. The van der Waals surface area contributed by atoms with Gasteiger partial charge in [0.1, 0.15) is 5.75 Å². The molecule has 1 saturated carbocycles. The Morgan fingerprint density at radius 1 is 1.11 bits per heavy atom. The zero-order valence-electron chi connectivity index (χ0n) is 12.7. The van der Waals surface area contributed by atoms with Crippen molar-refractivity contribution in [2.75, 3.05) is 0 Å². The molecule has 1 aromatic carbocycles. The van der Waals surface area contributed by atoms with Crippen LogP contribution in [0.25, 0.3) is 0 Å². The normalized spacial score (nSPS) is 21.4. The Morgan fingerprint density at radius 3 is 2.32 bits per heavy atom. The fourth-order valence-corrected chi connectivity index (χ4v) is 2.81. The Balaban J connectivity index is 2.17. The molecule has 19 heavy (non-hydrogen) atoms. The smallest absolute Gasteiger partial charge is 0.120 e. The molecule has 0 unspecified atom stereocenters. The molecule has 1 aliphatic rings. The standard InChI is InChI=1S/C17H27NO/c1-13(2)19-15-7-5-6-14(12-15)17(18)10-8-16(3,4)9-11-17/h5-7,12-13H,8-11,18H2,1-4H3. The van der Waals surface area contributed by atoms with E-state index in [1.165, 1.54) is 18.4 Å². The summed E-state index contributed by atoms with van der Waals surface area (Å²) in [5, 5.41) is 0. The van der Waals surface area contributed by atoms with Gasteiger partial charge in [-0.25, -0.2) is 0 Å². The minimum Gasteiger partial charge on any atom is -0.491 e. The molecule has 0 atom stereocenters. The third-order valence-corrected chi connectivity index (χ3v) is 4.28. The van der Waals surface area contributed by atoms with Gasteiger partial charge in [-0.3, -0.25) is 0 Å². The molecule has 2 N–H and O–H groups in total. The van der Waals surface area contributed by atoms with Gasteiger partial charge in [-0.05, 0) is 62.6 Å². The number of rotatable bonds is 3. The molecule has 0 radical (unpaired) electrons. The van der Waals surface area contributed by atoms with E-state index in [0.717, 1.165) is 18.6 Å². The van der Waals surface area contributed by atoms with Gasteiger partial charge in [-0.15, -0.1) is 0 Å². The molecule has 1 fully saturated rings. The van der Waals surface area contributed by atoms with E-state index in [1.807, 2.05) is 19.9 Å². The second-order valence-electron chi connectivity index (χ2n) is 7.01. The number of hydrogen-bond acceptors (Lipinski definition) is 2. The number of hydrogen-bond donors (Lipinski definition) is 1. The Labute approximate surface area is 117 Å². The minimum absolute atomic E-state index is 0.175. The highest BCUT2D eigenvalue weighted by atomic mass is 16.5. The topological polar surface area (TPSA) is 35.2 Å². The Kier molecular flexibility index (Phi) is 3.91. The van der Waals surface area contributed by atoms with Gasteiger partial charge in [0.2, 0.25) is 0 Å². The molecule has 1 aromatic rings. The van der Waals surface area contributed by atoms with E-state index < -0.39 is 0 Å². The van der Waals surface area contributed by atoms with Crippen molar-refractivity contribution < 1.29 is 4.74 Å². The maximum atomic E-state index is 6.65. The Morgan fingerprint density at radius 2 is 1.74 bits per heavy atom. The highest BCUT2D eigenvalue weighted by molar-refractivity contribution is 5.33. The second kappa shape index (κ2) is 5.16. The van der Waals surface area contributed by atoms with E-state index in [4.69, 9.17) is 10.5 Å². The zero-order chi connectivity index (χ0) is 14.1. The summed E-state index contributed by atoms with van der Waals surface area (Å²) < 4.78 is 5.78. The summed E-state index contributed by atoms with van der Waals surface area (Å²) in [4.78, 5) is 0. The minimum atomic E-state index is -0.175. The maximum Gasteiger partial charge on any atom is 0.120 e. The summed E-state index contributed by atoms with van der Waals surface area (Å²) in [6, 6.07) is 8.34. The molecule has 0 spiro atoms. The van der Waals surface area contributed by atoms with Gasteiger partial charge in [-0.1, -0.05) is 26.0 Å². The van der Waals surface area contributed by atoms with Crippen LogP contribution in [0.4, 0.5) is 0 Å². The average Bonchev–Trinajstić information content (AvgIpc) is 2.33. The van der Waals surface area contributed by atoms with Gasteiger partial charge in [0.15, 0.2) is 0 Å². The summed E-state index contributed by atoms with van der Waals surface area (Å²) in [6.45, 7) is 8.78. The third kappa shape index (κ3) is 3.50. The number of benzene rings is 1. The van der Waals surface area contributed by atoms with Crippen molar-refractivity contribution in [3.05, 3.63) is 29.8 Å². The summed E-state index contributed by atoms with van der Waals surface area (Å²) in [5.41, 5.74) is 8.13. The van der Waals surface area contributed by atoms with Crippen LogP contribution in [0.1, 0.15) is 58.9 Å². The van der Waals surface area contributed by atoms with Crippen LogP contribution in [0.2, 0.25) is 0 Å². The van der Waals surface area contributed by atoms with Crippen LogP contribution >= 0.6 is 0 Å². The molecule has 0 aliphatic heterocycles. The lowest BCUT2D eigenvalue weighted by atomic mass is 9.67. The van der Waals surface area contributed by atoms with Crippen LogP contribution in [0.15, 0.2) is 24.3 Å². The van der Waals surface area contributed by atoms with E-state index in [0.29, 0.717) is 5.41 Å². The SMILES string of the molecule is CC(C)Oc1cccc(C2(N)CCC(C)(C)CC2)c1. The molecule has 0 bridgehead atoms. The van der Waals surface area contributed by atoms with Crippen LogP contribution < -0.4 is 10.5 Å². The number of ether oxygens (including phenoxy) is 1. The lowest BCUT2D eigenvalue weighted by Gasteiger charge is -2.41. The highest BCUT2D eigenvalue weighted by Gasteiger charge is 2.36. The quantitative estimate of drug-likeness (QED) is 0.883. The van der Waals surface area contributed by atoms with Crippen molar-refractivity contribution in [1.82, 2.24) is 0 Å². The maximum absolute atomic E-state index is 6.65. The van der Waals surface area contributed by atoms with E-state index in [1.54, 1.807) is 0 Å². The monoisotopic (exact) mass is 261 g/mol. The molecule has 0 saturated heterocycles. The van der Waals surface area contributed by atoms with E-state index >= 15 is 0 Å². The molecule has 2 rings (SSSR count). The molecule has 1 aliphatic carbocycles. The predicted molar refractivity (Wildman–Crippen MR) is 80.3 cm³/mol. The first-order valence-electron chi connectivity index (χ1n) is 7.37. The van der Waals surface area contributed by atoms with Gasteiger partial charge in [-0.2, -0.15) is 0 Å². The van der Waals surface area contributed by atoms with Crippen LogP contribution in [0, 0.1) is 5.41 Å². The summed E-state index contributed by atoms with van der Waals surface area (Å²) in [6.07, 6.45) is 4.71. The fourth-order valence-electron chi connectivity index (χ4n) is 2.81. The van der Waals surface area contributed by atoms with Gasteiger partial charge < -0.3 is 10.5 Å². The van der Waals surface area contributed by atoms with E-state index in [2.05, 4.69) is 32.0 Å². The first-order valence-corrected chi connectivity index (χ1v) is 7.37. The van der Waals surface area contributed by atoms with Crippen molar-refractivity contribution >= 4 is 0 Å². The summed E-state index contributed by atoms with van der Waals surface area (Å²) in [7, 11) is 0. The first kappa shape index (κ1) is 14.4. The van der Waals surface area contributed by atoms with Gasteiger partial charge in [0.05, 0.1) is 6.10 Å². The first-order chi connectivity index (χ1) is 8.81. The van der Waals surface area contributed by atoms with Crippen molar-refractivity contribution in [3.63, 3.8) is 0 Å². The van der Waals surface area contributed by atoms with E-state index in [-0.39, 0.29) is 11.6 Å². The van der Waals surface area contributed by atoms with Gasteiger partial charge in [0.25, 0.3) is 0 Å². The summed E-state index contributed by atoms with van der Waals surface area (Å²) in [5.74, 6) is 0.933. The Bertz CT molecular complexity index is 427. The molecule has 0 aromatic heterocycles. The lowest BCUT2D eigenvalue weighted by Crippen LogP contribution is -2.42. The molecule has 0 amide bonds.